The Bertz CT molecular complexity index is 2200. The average Bonchev–Trinajstić information content (AvgIpc) is 3.85. The number of methoxy groups -OCH3 is 2. The van der Waals surface area contributed by atoms with Crippen molar-refractivity contribution in [2.24, 2.45) is 0 Å². The van der Waals surface area contributed by atoms with Crippen LogP contribution in [-0.2, 0) is 31.2 Å². The lowest BCUT2D eigenvalue weighted by Crippen LogP contribution is -2.35. The van der Waals surface area contributed by atoms with E-state index in [0.29, 0.717) is 28.2 Å². The molecule has 15 heteroatoms. The van der Waals surface area contributed by atoms with Crippen LogP contribution in [0.1, 0.15) is 45.3 Å². The molecule has 1 aliphatic rings. The number of imidazole rings is 1. The van der Waals surface area contributed by atoms with Crippen LogP contribution >= 0.6 is 0 Å². The van der Waals surface area contributed by atoms with E-state index in [1.165, 1.54) is 12.7 Å². The number of aliphatic hydroxyl groups excluding tert-OH is 2. The number of aromatic nitrogens is 4. The second kappa shape index (κ2) is 17.1. The molecule has 2 aromatic heterocycles. The number of ether oxygens (including phenoxy) is 5. The van der Waals surface area contributed by atoms with Crippen LogP contribution < -0.4 is 20.1 Å². The van der Waals surface area contributed by atoms with Gasteiger partial charge in [0.25, 0.3) is 5.91 Å². The van der Waals surface area contributed by atoms with E-state index < -0.39 is 42.6 Å². The third kappa shape index (κ3) is 7.93. The third-order valence-corrected chi connectivity index (χ3v) is 9.48. The first-order valence-electron chi connectivity index (χ1n) is 17.7. The Balaban J connectivity index is 1.07. The molecule has 0 radical (unpaired) electrons. The molecule has 288 valence electrons. The van der Waals surface area contributed by atoms with Crippen molar-refractivity contribution >= 4 is 28.8 Å². The summed E-state index contributed by atoms with van der Waals surface area (Å²) in [7, 11) is 3.22. The van der Waals surface area contributed by atoms with Crippen molar-refractivity contribution in [3.63, 3.8) is 0 Å². The fourth-order valence-electron chi connectivity index (χ4n) is 6.58. The number of fused-ring (bicyclic) bond motifs is 1. The Labute approximate surface area is 321 Å². The number of aliphatic hydroxyl groups is 2. The van der Waals surface area contributed by atoms with Gasteiger partial charge in [-0.2, -0.15) is 0 Å². The summed E-state index contributed by atoms with van der Waals surface area (Å²) in [6.07, 6.45) is 0.188. The van der Waals surface area contributed by atoms with Crippen LogP contribution in [0.2, 0.25) is 0 Å². The first-order chi connectivity index (χ1) is 27.3. The Morgan fingerprint density at radius 2 is 1.50 bits per heavy atom. The maximum absolute atomic E-state index is 13.1. The minimum absolute atomic E-state index is 0.160. The lowest BCUT2D eigenvalue weighted by molar-refractivity contribution is -0.233. The van der Waals surface area contributed by atoms with E-state index >= 15 is 0 Å². The van der Waals surface area contributed by atoms with Crippen molar-refractivity contribution in [1.82, 2.24) is 24.8 Å². The van der Waals surface area contributed by atoms with Crippen LogP contribution in [0.15, 0.2) is 116 Å². The zero-order chi connectivity index (χ0) is 39.1. The SMILES string of the molecule is COc1ccc(C(OCO[C@H]2O[C@H](n3cnc4c(NC(=O)c5ccc(CNC(=O)CO)cc5)ncnc43)C[C@@H]2O)(c2ccccc2)c2ccc(OC)cc2)cc1. The molecule has 7 rings (SSSR count). The van der Waals surface area contributed by atoms with Crippen molar-refractivity contribution in [3.05, 3.63) is 144 Å². The molecular weight excluding hydrogens is 720 g/mol. The highest BCUT2D eigenvalue weighted by Crippen LogP contribution is 2.42. The van der Waals surface area contributed by atoms with E-state index in [4.69, 9.17) is 28.8 Å². The molecule has 4 N–H and O–H groups in total. The highest BCUT2D eigenvalue weighted by molar-refractivity contribution is 6.06. The highest BCUT2D eigenvalue weighted by atomic mass is 16.8. The molecule has 0 bridgehead atoms. The maximum atomic E-state index is 13.1. The molecule has 0 unspecified atom stereocenters. The van der Waals surface area contributed by atoms with Gasteiger partial charge in [0.2, 0.25) is 5.91 Å². The predicted octanol–water partition coefficient (Wildman–Crippen LogP) is 4.29. The van der Waals surface area contributed by atoms with Gasteiger partial charge in [-0.3, -0.25) is 14.2 Å². The number of amides is 2. The Morgan fingerprint density at radius 3 is 2.12 bits per heavy atom. The first-order valence-corrected chi connectivity index (χ1v) is 17.7. The third-order valence-electron chi connectivity index (χ3n) is 9.48. The lowest BCUT2D eigenvalue weighted by atomic mass is 9.80. The van der Waals surface area contributed by atoms with Gasteiger partial charge in [0.15, 0.2) is 30.1 Å². The molecule has 3 heterocycles. The summed E-state index contributed by atoms with van der Waals surface area (Å²) in [6.45, 7) is -0.652. The molecule has 0 spiro atoms. The summed E-state index contributed by atoms with van der Waals surface area (Å²) < 4.78 is 31.6. The quantitative estimate of drug-likeness (QED) is 0.0860. The van der Waals surface area contributed by atoms with Crippen LogP contribution in [0.3, 0.4) is 0 Å². The monoisotopic (exact) mass is 760 g/mol. The van der Waals surface area contributed by atoms with Crippen LogP contribution in [0.25, 0.3) is 11.2 Å². The first kappa shape index (κ1) is 38.1. The summed E-state index contributed by atoms with van der Waals surface area (Å²) in [5.41, 5.74) is 3.15. The Hall–Kier alpha value is -6.23. The van der Waals surface area contributed by atoms with Gasteiger partial charge in [-0.15, -0.1) is 0 Å². The van der Waals surface area contributed by atoms with Gasteiger partial charge in [-0.05, 0) is 58.7 Å². The number of hydrogen-bond acceptors (Lipinski definition) is 12. The van der Waals surface area contributed by atoms with Crippen LogP contribution in [0.4, 0.5) is 5.82 Å². The molecule has 3 atom stereocenters. The fourth-order valence-corrected chi connectivity index (χ4v) is 6.58. The van der Waals surface area contributed by atoms with Crippen LogP contribution in [0.5, 0.6) is 11.5 Å². The summed E-state index contributed by atoms with van der Waals surface area (Å²) >= 11 is 0. The van der Waals surface area contributed by atoms with Crippen molar-refractivity contribution in [3.8, 4) is 11.5 Å². The Morgan fingerprint density at radius 1 is 0.857 bits per heavy atom. The minimum Gasteiger partial charge on any atom is -0.497 e. The van der Waals surface area contributed by atoms with Gasteiger partial charge in [-0.1, -0.05) is 66.7 Å². The molecule has 1 saturated heterocycles. The lowest BCUT2D eigenvalue weighted by Gasteiger charge is -2.36. The van der Waals surface area contributed by atoms with Gasteiger partial charge >= 0.3 is 0 Å². The zero-order valence-electron chi connectivity index (χ0n) is 30.6. The topological polar surface area (TPSA) is 188 Å². The molecule has 56 heavy (non-hydrogen) atoms. The number of benzene rings is 4. The molecule has 4 aromatic carbocycles. The van der Waals surface area contributed by atoms with Crippen molar-refractivity contribution in [2.45, 2.75) is 37.2 Å². The molecular formula is C41H40N6O9. The average molecular weight is 761 g/mol. The number of hydrogen-bond donors (Lipinski definition) is 4. The second-order valence-corrected chi connectivity index (χ2v) is 12.8. The van der Waals surface area contributed by atoms with E-state index in [1.54, 1.807) is 43.1 Å². The minimum atomic E-state index is -1.14. The predicted molar refractivity (Wildman–Crippen MR) is 203 cm³/mol. The normalized spacial score (nSPS) is 16.8. The summed E-state index contributed by atoms with van der Waals surface area (Å²) in [5.74, 6) is 0.646. The van der Waals surface area contributed by atoms with Gasteiger partial charge in [0, 0.05) is 18.5 Å². The van der Waals surface area contributed by atoms with Crippen molar-refractivity contribution in [1.29, 1.82) is 0 Å². The zero-order valence-corrected chi connectivity index (χ0v) is 30.6. The Kier molecular flexibility index (Phi) is 11.6. The largest absolute Gasteiger partial charge is 0.497 e. The van der Waals surface area contributed by atoms with Crippen molar-refractivity contribution < 1.29 is 43.5 Å². The number of rotatable bonds is 15. The molecule has 2 amide bonds. The number of nitrogens with one attached hydrogen (secondary N) is 2. The molecule has 1 aliphatic heterocycles. The fraction of sp³-hybridized carbons (Fsp3) is 0.244. The van der Waals surface area contributed by atoms with Gasteiger partial charge in [0.05, 0.1) is 20.5 Å². The summed E-state index contributed by atoms with van der Waals surface area (Å²) in [5, 5.41) is 25.4. The van der Waals surface area contributed by atoms with E-state index in [9.17, 15) is 14.7 Å². The van der Waals surface area contributed by atoms with E-state index in [0.717, 1.165) is 22.3 Å². The van der Waals surface area contributed by atoms with E-state index in [2.05, 4.69) is 25.6 Å². The highest BCUT2D eigenvalue weighted by Gasteiger charge is 2.41. The molecule has 15 nitrogen and oxygen atoms in total. The number of carbonyl (C=O) groups excluding carboxylic acids is 2. The maximum Gasteiger partial charge on any atom is 0.256 e. The number of nitrogens with zero attached hydrogens (tertiary/aromatic N) is 4. The smallest absolute Gasteiger partial charge is 0.256 e. The number of anilines is 1. The van der Waals surface area contributed by atoms with E-state index in [1.807, 2.05) is 78.9 Å². The van der Waals surface area contributed by atoms with E-state index in [-0.39, 0.29) is 25.6 Å². The van der Waals surface area contributed by atoms with Gasteiger partial charge in [-0.25, -0.2) is 15.0 Å². The summed E-state index contributed by atoms with van der Waals surface area (Å²) in [4.78, 5) is 37.6. The second-order valence-electron chi connectivity index (χ2n) is 12.8. The molecule has 1 fully saturated rings. The number of carbonyl (C=O) groups is 2. The van der Waals surface area contributed by atoms with Crippen LogP contribution in [0, 0.1) is 0 Å². The van der Waals surface area contributed by atoms with Gasteiger partial charge in [0.1, 0.15) is 42.4 Å². The van der Waals surface area contributed by atoms with Crippen LogP contribution in [-0.4, -0.2) is 81.6 Å². The standard InChI is InChI=1S/C41H40N6O9/c1-52-31-16-12-29(13-17-31)41(28-6-4-3-5-7-28,30-14-18-32(53-2)19-15-30)55-25-54-40-33(49)20-35(56-40)47-24-45-36-37(43-23-44-38(36)47)46-39(51)27-10-8-26(9-11-27)21-42-34(50)22-48/h3-19,23-24,33,35,40,48-49H,20-22,25H2,1-2H3,(H,42,50)(H,43,44,46,51)/t33-,35-,40-/m0/s1. The molecule has 6 aromatic rings. The molecule has 0 saturated carbocycles. The summed E-state index contributed by atoms with van der Waals surface area (Å²) in [6, 6.07) is 31.6. The molecule has 0 aliphatic carbocycles. The van der Waals surface area contributed by atoms with Gasteiger partial charge < -0.3 is 44.5 Å². The van der Waals surface area contributed by atoms with Crippen molar-refractivity contribution in [2.75, 3.05) is 32.9 Å².